The van der Waals surface area contributed by atoms with Crippen LogP contribution in [0.25, 0.3) is 11.0 Å². The summed E-state index contributed by atoms with van der Waals surface area (Å²) < 4.78 is 6.97. The molecule has 2 rings (SSSR count). The van der Waals surface area contributed by atoms with Gasteiger partial charge in [-0.1, -0.05) is 22.9 Å². The second-order valence-electron chi connectivity index (χ2n) is 5.02. The number of thioether (sulfide) groups is 1. The lowest BCUT2D eigenvalue weighted by atomic mass is 10.2. The van der Waals surface area contributed by atoms with Crippen molar-refractivity contribution in [3.63, 3.8) is 0 Å². The normalized spacial score (nSPS) is 14.7. The van der Waals surface area contributed by atoms with Crippen molar-refractivity contribution in [1.82, 2.24) is 5.32 Å². The van der Waals surface area contributed by atoms with Gasteiger partial charge in [-0.3, -0.25) is 0 Å². The number of halogens is 1. The van der Waals surface area contributed by atoms with Crippen LogP contribution in [0.3, 0.4) is 0 Å². The van der Waals surface area contributed by atoms with E-state index in [-0.39, 0.29) is 6.04 Å². The maximum absolute atomic E-state index is 5.89. The average Bonchev–Trinajstić information content (AvgIpc) is 2.79. The topological polar surface area (TPSA) is 25.2 Å². The molecule has 19 heavy (non-hydrogen) atoms. The summed E-state index contributed by atoms with van der Waals surface area (Å²) in [7, 11) is 0. The van der Waals surface area contributed by atoms with Crippen molar-refractivity contribution < 1.29 is 4.42 Å². The van der Waals surface area contributed by atoms with E-state index in [1.165, 1.54) is 5.75 Å². The van der Waals surface area contributed by atoms with Gasteiger partial charge in [-0.2, -0.15) is 11.8 Å². The van der Waals surface area contributed by atoms with E-state index in [4.69, 9.17) is 4.42 Å². The Kier molecular flexibility index (Phi) is 5.37. The van der Waals surface area contributed by atoms with Crippen molar-refractivity contribution in [3.05, 3.63) is 34.5 Å². The summed E-state index contributed by atoms with van der Waals surface area (Å²) in [5, 5.41) is 4.69. The first kappa shape index (κ1) is 14.9. The van der Waals surface area contributed by atoms with E-state index >= 15 is 0 Å². The molecule has 0 aliphatic heterocycles. The highest BCUT2D eigenvalue weighted by molar-refractivity contribution is 9.10. The summed E-state index contributed by atoms with van der Waals surface area (Å²) in [5.74, 6) is 2.87. The van der Waals surface area contributed by atoms with Crippen LogP contribution in [-0.2, 0) is 0 Å². The zero-order valence-corrected chi connectivity index (χ0v) is 14.0. The van der Waals surface area contributed by atoms with E-state index in [1.807, 2.05) is 23.9 Å². The summed E-state index contributed by atoms with van der Waals surface area (Å²) in [6, 6.07) is 8.47. The van der Waals surface area contributed by atoms with Crippen LogP contribution in [0.2, 0.25) is 0 Å². The van der Waals surface area contributed by atoms with Crippen LogP contribution in [0.15, 0.2) is 33.2 Å². The van der Waals surface area contributed by atoms with Crippen molar-refractivity contribution in [3.8, 4) is 0 Å². The molecule has 1 N–H and O–H groups in total. The van der Waals surface area contributed by atoms with Crippen molar-refractivity contribution >= 4 is 38.7 Å². The van der Waals surface area contributed by atoms with Crippen molar-refractivity contribution in [1.29, 1.82) is 0 Å². The van der Waals surface area contributed by atoms with Gasteiger partial charge in [-0.15, -0.1) is 0 Å². The molecule has 1 aromatic heterocycles. The van der Waals surface area contributed by atoms with Crippen molar-refractivity contribution in [2.45, 2.75) is 19.9 Å². The van der Waals surface area contributed by atoms with Crippen molar-refractivity contribution in [2.24, 2.45) is 5.92 Å². The van der Waals surface area contributed by atoms with Crippen LogP contribution in [-0.4, -0.2) is 18.6 Å². The molecule has 0 fully saturated rings. The Bertz CT molecular complexity index is 540. The fourth-order valence-electron chi connectivity index (χ4n) is 2.07. The maximum Gasteiger partial charge on any atom is 0.134 e. The Morgan fingerprint density at radius 2 is 2.11 bits per heavy atom. The third kappa shape index (κ3) is 4.01. The summed E-state index contributed by atoms with van der Waals surface area (Å²) in [6.45, 7) is 5.44. The first-order valence-corrected chi connectivity index (χ1v) is 8.70. The summed E-state index contributed by atoms with van der Waals surface area (Å²) >= 11 is 5.38. The lowest BCUT2D eigenvalue weighted by Gasteiger charge is -2.15. The van der Waals surface area contributed by atoms with E-state index in [0.29, 0.717) is 5.92 Å². The second-order valence-corrected chi connectivity index (χ2v) is 6.85. The van der Waals surface area contributed by atoms with Crippen LogP contribution >= 0.6 is 27.7 Å². The average molecular weight is 342 g/mol. The van der Waals surface area contributed by atoms with Crippen LogP contribution in [0.4, 0.5) is 0 Å². The predicted octanol–water partition coefficient (Wildman–Crippen LogP) is 4.85. The fraction of sp³-hybridized carbons (Fsp3) is 0.467. The van der Waals surface area contributed by atoms with E-state index in [0.717, 1.165) is 27.7 Å². The minimum absolute atomic E-state index is 0.246. The van der Waals surface area contributed by atoms with E-state index in [9.17, 15) is 0 Å². The van der Waals surface area contributed by atoms with Crippen LogP contribution in [0.5, 0.6) is 0 Å². The highest BCUT2D eigenvalue weighted by atomic mass is 79.9. The molecular weight excluding hydrogens is 322 g/mol. The number of fused-ring (bicyclic) bond motifs is 1. The Morgan fingerprint density at radius 3 is 2.84 bits per heavy atom. The Balaban J connectivity index is 2.02. The van der Waals surface area contributed by atoms with Gasteiger partial charge in [0.05, 0.1) is 6.04 Å². The van der Waals surface area contributed by atoms with Gasteiger partial charge in [-0.25, -0.2) is 0 Å². The van der Waals surface area contributed by atoms with Gasteiger partial charge in [0.2, 0.25) is 0 Å². The molecule has 2 atom stereocenters. The number of hydrogen-bond donors (Lipinski definition) is 1. The zero-order valence-electron chi connectivity index (χ0n) is 11.6. The number of nitrogens with one attached hydrogen (secondary N) is 1. The summed E-state index contributed by atoms with van der Waals surface area (Å²) in [6.07, 6.45) is 2.15. The first-order chi connectivity index (χ1) is 9.10. The third-order valence-electron chi connectivity index (χ3n) is 3.15. The molecular formula is C15H20BrNOS. The monoisotopic (exact) mass is 341 g/mol. The van der Waals surface area contributed by atoms with E-state index in [1.54, 1.807) is 0 Å². The SMILES string of the molecule is CSCC(C)CNC(C)c1cc2cc(Br)ccc2o1. The smallest absolute Gasteiger partial charge is 0.134 e. The van der Waals surface area contributed by atoms with Gasteiger partial charge in [0.25, 0.3) is 0 Å². The van der Waals surface area contributed by atoms with Crippen LogP contribution < -0.4 is 5.32 Å². The number of benzene rings is 1. The lowest BCUT2D eigenvalue weighted by molar-refractivity contribution is 0.428. The molecule has 1 aromatic carbocycles. The van der Waals surface area contributed by atoms with E-state index < -0.39 is 0 Å². The molecule has 0 spiro atoms. The summed E-state index contributed by atoms with van der Waals surface area (Å²) in [4.78, 5) is 0. The second kappa shape index (κ2) is 6.82. The molecule has 0 saturated heterocycles. The number of rotatable bonds is 6. The van der Waals surface area contributed by atoms with Gasteiger partial charge < -0.3 is 9.73 Å². The molecule has 0 radical (unpaired) electrons. The maximum atomic E-state index is 5.89. The van der Waals surface area contributed by atoms with Crippen molar-refractivity contribution in [2.75, 3.05) is 18.6 Å². The molecule has 104 valence electrons. The van der Waals surface area contributed by atoms with Crippen LogP contribution in [0.1, 0.15) is 25.6 Å². The highest BCUT2D eigenvalue weighted by Gasteiger charge is 2.12. The molecule has 0 saturated carbocycles. The molecule has 0 bridgehead atoms. The molecule has 2 aromatic rings. The standard InChI is InChI=1S/C15H20BrNOS/c1-10(9-19-3)8-17-11(2)15-7-12-6-13(16)4-5-14(12)18-15/h4-7,10-11,17H,8-9H2,1-3H3. The largest absolute Gasteiger partial charge is 0.459 e. The quantitative estimate of drug-likeness (QED) is 0.813. The molecule has 1 heterocycles. The van der Waals surface area contributed by atoms with Gasteiger partial charge in [0.1, 0.15) is 11.3 Å². The zero-order chi connectivity index (χ0) is 13.8. The van der Waals surface area contributed by atoms with Gasteiger partial charge in [-0.05, 0) is 55.7 Å². The molecule has 0 aliphatic rings. The molecule has 2 unspecified atom stereocenters. The Morgan fingerprint density at radius 1 is 1.32 bits per heavy atom. The highest BCUT2D eigenvalue weighted by Crippen LogP contribution is 2.26. The Hall–Kier alpha value is -0.450. The minimum Gasteiger partial charge on any atom is -0.459 e. The minimum atomic E-state index is 0.246. The van der Waals surface area contributed by atoms with Crippen LogP contribution in [0, 0.1) is 5.92 Å². The van der Waals surface area contributed by atoms with Gasteiger partial charge >= 0.3 is 0 Å². The molecule has 2 nitrogen and oxygen atoms in total. The molecule has 0 amide bonds. The first-order valence-electron chi connectivity index (χ1n) is 6.51. The number of hydrogen-bond acceptors (Lipinski definition) is 3. The summed E-state index contributed by atoms with van der Waals surface area (Å²) in [5.41, 5.74) is 0.948. The van der Waals surface area contributed by atoms with E-state index in [2.05, 4.69) is 53.5 Å². The molecule has 4 heteroatoms. The Labute approximate surface area is 127 Å². The van der Waals surface area contributed by atoms with Gasteiger partial charge in [0.15, 0.2) is 0 Å². The fourth-order valence-corrected chi connectivity index (χ4v) is 3.14. The molecule has 0 aliphatic carbocycles. The van der Waals surface area contributed by atoms with Gasteiger partial charge in [0, 0.05) is 9.86 Å². The lowest BCUT2D eigenvalue weighted by Crippen LogP contribution is -2.25. The third-order valence-corrected chi connectivity index (χ3v) is 4.54. The number of furan rings is 1. The predicted molar refractivity (Wildman–Crippen MR) is 87.9 cm³/mol.